The lowest BCUT2D eigenvalue weighted by atomic mass is 10.1. The number of thiophene rings is 1. The Morgan fingerprint density at radius 2 is 2.33 bits per heavy atom. The third kappa shape index (κ3) is 4.30. The summed E-state index contributed by atoms with van der Waals surface area (Å²) in [6.07, 6.45) is 3.74. The zero-order valence-electron chi connectivity index (χ0n) is 12.2. The fourth-order valence-corrected chi connectivity index (χ4v) is 3.42. The van der Waals surface area contributed by atoms with Crippen molar-refractivity contribution in [3.63, 3.8) is 0 Å². The first-order valence-corrected chi connectivity index (χ1v) is 8.11. The highest BCUT2D eigenvalue weighted by Crippen LogP contribution is 2.25. The Bertz CT molecular complexity index is 521. The van der Waals surface area contributed by atoms with Crippen LogP contribution >= 0.6 is 23.7 Å². The highest BCUT2D eigenvalue weighted by Gasteiger charge is 2.18. The molecule has 1 aliphatic rings. The summed E-state index contributed by atoms with van der Waals surface area (Å²) < 4.78 is 5.44. The van der Waals surface area contributed by atoms with E-state index in [-0.39, 0.29) is 12.4 Å². The van der Waals surface area contributed by atoms with Gasteiger partial charge in [0, 0.05) is 18.7 Å². The first-order chi connectivity index (χ1) is 9.83. The van der Waals surface area contributed by atoms with Gasteiger partial charge in [-0.05, 0) is 50.8 Å². The molecule has 4 nitrogen and oxygen atoms in total. The lowest BCUT2D eigenvalue weighted by Crippen LogP contribution is -2.32. The van der Waals surface area contributed by atoms with Crippen molar-refractivity contribution >= 4 is 23.7 Å². The van der Waals surface area contributed by atoms with Crippen LogP contribution in [-0.2, 0) is 6.54 Å². The quantitative estimate of drug-likeness (QED) is 0.934. The van der Waals surface area contributed by atoms with Crippen molar-refractivity contribution in [3.05, 3.63) is 29.3 Å². The number of nitrogens with one attached hydrogen (secondary N) is 1. The van der Waals surface area contributed by atoms with E-state index in [0.29, 0.717) is 6.04 Å². The number of hydrogen-bond donors (Lipinski definition) is 1. The number of halogens is 1. The normalized spacial score (nSPS) is 19.2. The number of hydrogen-bond acceptors (Lipinski definition) is 5. The molecule has 1 atom stereocenters. The van der Waals surface area contributed by atoms with Crippen LogP contribution < -0.4 is 5.32 Å². The Morgan fingerprint density at radius 1 is 1.43 bits per heavy atom. The summed E-state index contributed by atoms with van der Waals surface area (Å²) >= 11 is 1.68. The van der Waals surface area contributed by atoms with E-state index in [0.717, 1.165) is 36.0 Å². The molecule has 6 heteroatoms. The molecule has 2 aromatic rings. The summed E-state index contributed by atoms with van der Waals surface area (Å²) in [5, 5.41) is 9.72. The third-order valence-corrected chi connectivity index (χ3v) is 4.79. The van der Waals surface area contributed by atoms with Crippen molar-refractivity contribution < 1.29 is 4.52 Å². The van der Waals surface area contributed by atoms with Gasteiger partial charge in [-0.3, -0.25) is 4.90 Å². The van der Waals surface area contributed by atoms with Gasteiger partial charge in [0.15, 0.2) is 5.76 Å². The van der Waals surface area contributed by atoms with Crippen LogP contribution in [0.15, 0.2) is 28.1 Å². The standard InChI is InChI=1S/C15H21N3OS.ClH/c1-18(13-4-2-7-16-8-6-13)11-12-10-14(19-17-12)15-5-3-9-20-15;/h3,5,9-10,13,16H,2,4,6-8,11H2,1H3;1H. The monoisotopic (exact) mass is 327 g/mol. The minimum atomic E-state index is 0. The Kier molecular flexibility index (Phi) is 6.23. The molecule has 0 aromatic carbocycles. The van der Waals surface area contributed by atoms with E-state index >= 15 is 0 Å². The minimum Gasteiger partial charge on any atom is -0.355 e. The molecule has 0 bridgehead atoms. The number of nitrogens with zero attached hydrogens (tertiary/aromatic N) is 2. The average Bonchev–Trinajstić information content (AvgIpc) is 3.05. The summed E-state index contributed by atoms with van der Waals surface area (Å²) in [5.74, 6) is 0.880. The molecule has 1 fully saturated rings. The molecule has 2 aromatic heterocycles. The molecule has 1 unspecified atom stereocenters. The molecular weight excluding hydrogens is 306 g/mol. The molecule has 1 saturated heterocycles. The molecule has 116 valence electrons. The summed E-state index contributed by atoms with van der Waals surface area (Å²) in [6, 6.07) is 6.81. The van der Waals surface area contributed by atoms with Crippen LogP contribution in [0.3, 0.4) is 0 Å². The van der Waals surface area contributed by atoms with Crippen molar-refractivity contribution in [1.29, 1.82) is 0 Å². The van der Waals surface area contributed by atoms with Gasteiger partial charge >= 0.3 is 0 Å². The van der Waals surface area contributed by atoms with E-state index in [1.165, 1.54) is 19.3 Å². The van der Waals surface area contributed by atoms with Gasteiger partial charge in [0.25, 0.3) is 0 Å². The first kappa shape index (κ1) is 16.5. The molecule has 0 radical (unpaired) electrons. The zero-order valence-corrected chi connectivity index (χ0v) is 13.9. The number of aromatic nitrogens is 1. The second kappa shape index (κ2) is 7.94. The van der Waals surface area contributed by atoms with E-state index in [1.807, 2.05) is 6.07 Å². The molecule has 0 aliphatic carbocycles. The Labute approximate surface area is 135 Å². The molecule has 0 saturated carbocycles. The predicted molar refractivity (Wildman–Crippen MR) is 89.0 cm³/mol. The predicted octanol–water partition coefficient (Wildman–Crippen LogP) is 3.40. The van der Waals surface area contributed by atoms with E-state index in [4.69, 9.17) is 4.52 Å². The van der Waals surface area contributed by atoms with Gasteiger partial charge in [-0.2, -0.15) is 0 Å². The Morgan fingerprint density at radius 3 is 3.14 bits per heavy atom. The lowest BCUT2D eigenvalue weighted by molar-refractivity contribution is 0.211. The maximum atomic E-state index is 5.44. The maximum Gasteiger partial charge on any atom is 0.177 e. The molecule has 0 spiro atoms. The van der Waals surface area contributed by atoms with Crippen LogP contribution in [-0.4, -0.2) is 36.2 Å². The molecule has 21 heavy (non-hydrogen) atoms. The highest BCUT2D eigenvalue weighted by molar-refractivity contribution is 7.13. The van der Waals surface area contributed by atoms with Crippen LogP contribution in [0, 0.1) is 0 Å². The van der Waals surface area contributed by atoms with Gasteiger partial charge in [-0.25, -0.2) is 0 Å². The van der Waals surface area contributed by atoms with Crippen LogP contribution in [0.4, 0.5) is 0 Å². The van der Waals surface area contributed by atoms with E-state index in [9.17, 15) is 0 Å². The summed E-state index contributed by atoms with van der Waals surface area (Å²) in [5.41, 5.74) is 1.02. The van der Waals surface area contributed by atoms with Crippen molar-refractivity contribution in [3.8, 4) is 10.6 Å². The fraction of sp³-hybridized carbons (Fsp3) is 0.533. The summed E-state index contributed by atoms with van der Waals surface area (Å²) in [6.45, 7) is 3.13. The third-order valence-electron chi connectivity index (χ3n) is 3.90. The lowest BCUT2D eigenvalue weighted by Gasteiger charge is -2.25. The first-order valence-electron chi connectivity index (χ1n) is 7.23. The van der Waals surface area contributed by atoms with E-state index in [1.54, 1.807) is 11.3 Å². The second-order valence-electron chi connectivity index (χ2n) is 5.41. The molecule has 1 N–H and O–H groups in total. The van der Waals surface area contributed by atoms with Gasteiger partial charge in [0.1, 0.15) is 0 Å². The van der Waals surface area contributed by atoms with E-state index in [2.05, 4.69) is 39.9 Å². The average molecular weight is 328 g/mol. The van der Waals surface area contributed by atoms with Gasteiger partial charge in [-0.15, -0.1) is 23.7 Å². The topological polar surface area (TPSA) is 41.3 Å². The minimum absolute atomic E-state index is 0. The maximum absolute atomic E-state index is 5.44. The second-order valence-corrected chi connectivity index (χ2v) is 6.36. The fourth-order valence-electron chi connectivity index (χ4n) is 2.75. The van der Waals surface area contributed by atoms with E-state index < -0.39 is 0 Å². The van der Waals surface area contributed by atoms with Crippen molar-refractivity contribution in [2.75, 3.05) is 20.1 Å². The van der Waals surface area contributed by atoms with Gasteiger partial charge in [-0.1, -0.05) is 11.2 Å². The zero-order chi connectivity index (χ0) is 13.8. The van der Waals surface area contributed by atoms with Crippen LogP contribution in [0.25, 0.3) is 10.6 Å². The van der Waals surface area contributed by atoms with Gasteiger partial charge in [0.05, 0.1) is 10.6 Å². The Balaban J connectivity index is 0.00000161. The van der Waals surface area contributed by atoms with Crippen molar-refractivity contribution in [1.82, 2.24) is 15.4 Å². The molecule has 3 heterocycles. The Hall–Kier alpha value is -0.880. The SMILES string of the molecule is CN(Cc1cc(-c2cccs2)on1)C1CCCNCC1.Cl. The van der Waals surface area contributed by atoms with Crippen LogP contribution in [0.5, 0.6) is 0 Å². The summed E-state index contributed by atoms with van der Waals surface area (Å²) in [7, 11) is 2.19. The molecule has 3 rings (SSSR count). The van der Waals surface area contributed by atoms with Gasteiger partial charge < -0.3 is 9.84 Å². The van der Waals surface area contributed by atoms with Crippen LogP contribution in [0.2, 0.25) is 0 Å². The smallest absolute Gasteiger partial charge is 0.177 e. The molecule has 0 amide bonds. The highest BCUT2D eigenvalue weighted by atomic mass is 35.5. The largest absolute Gasteiger partial charge is 0.355 e. The number of rotatable bonds is 4. The molecule has 1 aliphatic heterocycles. The van der Waals surface area contributed by atoms with Gasteiger partial charge in [0.2, 0.25) is 0 Å². The van der Waals surface area contributed by atoms with Crippen molar-refractivity contribution in [2.45, 2.75) is 31.8 Å². The van der Waals surface area contributed by atoms with Crippen molar-refractivity contribution in [2.24, 2.45) is 0 Å². The van der Waals surface area contributed by atoms with Crippen LogP contribution in [0.1, 0.15) is 25.0 Å². The molecular formula is C15H22ClN3OS. The summed E-state index contributed by atoms with van der Waals surface area (Å²) in [4.78, 5) is 3.55.